The molecule has 1 aliphatic heterocycles. The van der Waals surface area contributed by atoms with Crippen LogP contribution in [0.3, 0.4) is 0 Å². The molecule has 2 atom stereocenters. The SMILES string of the molecule is C[C@@H]1CO[C@H]1CO. The van der Waals surface area contributed by atoms with Crippen LogP contribution in [-0.4, -0.2) is 24.4 Å². The van der Waals surface area contributed by atoms with E-state index in [0.29, 0.717) is 5.92 Å². The quantitative estimate of drug-likeness (QED) is 0.505. The maximum absolute atomic E-state index is 8.43. The molecule has 1 aliphatic rings. The van der Waals surface area contributed by atoms with Crippen LogP contribution in [0, 0.1) is 5.92 Å². The van der Waals surface area contributed by atoms with Crippen molar-refractivity contribution in [2.45, 2.75) is 13.0 Å². The van der Waals surface area contributed by atoms with E-state index in [1.807, 2.05) is 0 Å². The molecule has 0 aromatic carbocycles. The van der Waals surface area contributed by atoms with E-state index in [9.17, 15) is 0 Å². The summed E-state index contributed by atoms with van der Waals surface area (Å²) in [7, 11) is 0. The van der Waals surface area contributed by atoms with E-state index in [4.69, 9.17) is 9.84 Å². The summed E-state index contributed by atoms with van der Waals surface area (Å²) in [5, 5.41) is 8.43. The van der Waals surface area contributed by atoms with Crippen molar-refractivity contribution in [2.75, 3.05) is 13.2 Å². The maximum atomic E-state index is 8.43. The largest absolute Gasteiger partial charge is 0.394 e. The predicted octanol–water partition coefficient (Wildman–Crippen LogP) is 0.0136. The first-order chi connectivity index (χ1) is 3.34. The Balaban J connectivity index is 2.16. The summed E-state index contributed by atoms with van der Waals surface area (Å²) < 4.78 is 4.94. The summed E-state index contributed by atoms with van der Waals surface area (Å²) in [6, 6.07) is 0. The summed E-state index contributed by atoms with van der Waals surface area (Å²) in [6.45, 7) is 3.08. The van der Waals surface area contributed by atoms with Crippen molar-refractivity contribution in [1.82, 2.24) is 0 Å². The predicted molar refractivity (Wildman–Crippen MR) is 26.0 cm³/mol. The molecule has 1 heterocycles. The minimum Gasteiger partial charge on any atom is -0.394 e. The Morgan fingerprint density at radius 3 is 2.57 bits per heavy atom. The molecule has 0 unspecified atom stereocenters. The normalized spacial score (nSPS) is 40.3. The number of aliphatic hydroxyl groups is 1. The third kappa shape index (κ3) is 0.763. The van der Waals surface area contributed by atoms with Crippen LogP contribution >= 0.6 is 0 Å². The van der Waals surface area contributed by atoms with Crippen LogP contribution in [0.25, 0.3) is 0 Å². The third-order valence-corrected chi connectivity index (χ3v) is 1.39. The van der Waals surface area contributed by atoms with Gasteiger partial charge in [0.15, 0.2) is 0 Å². The standard InChI is InChI=1S/C5H10O2/c1-4-3-7-5(4)2-6/h4-6H,2-3H2,1H3/t4-,5+/m1/s1. The Bertz CT molecular complexity index is 61.1. The topological polar surface area (TPSA) is 29.5 Å². The Labute approximate surface area is 43.1 Å². The molecule has 1 N–H and O–H groups in total. The van der Waals surface area contributed by atoms with Gasteiger partial charge in [0.25, 0.3) is 0 Å². The summed E-state index contributed by atoms with van der Waals surface area (Å²) >= 11 is 0. The summed E-state index contributed by atoms with van der Waals surface area (Å²) in [4.78, 5) is 0. The molecule has 0 amide bonds. The molecule has 1 fully saturated rings. The van der Waals surface area contributed by atoms with Gasteiger partial charge in [-0.25, -0.2) is 0 Å². The van der Waals surface area contributed by atoms with Crippen molar-refractivity contribution >= 4 is 0 Å². The highest BCUT2D eigenvalue weighted by molar-refractivity contribution is 4.72. The van der Waals surface area contributed by atoms with Crippen LogP contribution in [0.2, 0.25) is 0 Å². The summed E-state index contributed by atoms with van der Waals surface area (Å²) in [6.07, 6.45) is 0.139. The third-order valence-electron chi connectivity index (χ3n) is 1.39. The smallest absolute Gasteiger partial charge is 0.0853 e. The Kier molecular flexibility index (Phi) is 1.30. The molecule has 0 aromatic rings. The van der Waals surface area contributed by atoms with Crippen molar-refractivity contribution < 1.29 is 9.84 Å². The molecule has 2 nitrogen and oxygen atoms in total. The molecule has 1 rings (SSSR count). The van der Waals surface area contributed by atoms with Crippen LogP contribution in [0.5, 0.6) is 0 Å². The van der Waals surface area contributed by atoms with Gasteiger partial charge >= 0.3 is 0 Å². The first-order valence-corrected chi connectivity index (χ1v) is 2.57. The van der Waals surface area contributed by atoms with Crippen molar-refractivity contribution in [2.24, 2.45) is 5.92 Å². The molecular weight excluding hydrogens is 92.1 g/mol. The van der Waals surface area contributed by atoms with Gasteiger partial charge in [-0.2, -0.15) is 0 Å². The number of hydrogen-bond acceptors (Lipinski definition) is 2. The van der Waals surface area contributed by atoms with Gasteiger partial charge in [0.1, 0.15) is 0 Å². The Morgan fingerprint density at radius 1 is 1.86 bits per heavy atom. The number of aliphatic hydroxyl groups excluding tert-OH is 1. The van der Waals surface area contributed by atoms with Gasteiger partial charge < -0.3 is 9.84 Å². The molecule has 0 saturated carbocycles. The van der Waals surface area contributed by atoms with Gasteiger partial charge in [-0.15, -0.1) is 0 Å². The molecular formula is C5H10O2. The fraction of sp³-hybridized carbons (Fsp3) is 1.00. The van der Waals surface area contributed by atoms with Crippen molar-refractivity contribution in [3.8, 4) is 0 Å². The molecule has 1 saturated heterocycles. The van der Waals surface area contributed by atoms with E-state index in [1.54, 1.807) is 0 Å². The van der Waals surface area contributed by atoms with Crippen molar-refractivity contribution in [1.29, 1.82) is 0 Å². The van der Waals surface area contributed by atoms with E-state index < -0.39 is 0 Å². The lowest BCUT2D eigenvalue weighted by atomic mass is 10.0. The monoisotopic (exact) mass is 102 g/mol. The molecule has 0 radical (unpaired) electrons. The highest BCUT2D eigenvalue weighted by Crippen LogP contribution is 2.17. The van der Waals surface area contributed by atoms with E-state index in [0.717, 1.165) is 6.61 Å². The first-order valence-electron chi connectivity index (χ1n) is 2.57. The van der Waals surface area contributed by atoms with Crippen LogP contribution < -0.4 is 0 Å². The zero-order chi connectivity index (χ0) is 5.28. The second kappa shape index (κ2) is 1.80. The minimum absolute atomic E-state index is 0.139. The molecule has 0 bridgehead atoms. The van der Waals surface area contributed by atoms with Gasteiger partial charge in [0.2, 0.25) is 0 Å². The van der Waals surface area contributed by atoms with Gasteiger partial charge in [0.05, 0.1) is 19.3 Å². The molecule has 42 valence electrons. The van der Waals surface area contributed by atoms with E-state index in [2.05, 4.69) is 6.92 Å². The Hall–Kier alpha value is -0.0800. The maximum Gasteiger partial charge on any atom is 0.0853 e. The fourth-order valence-corrected chi connectivity index (χ4v) is 0.657. The first kappa shape index (κ1) is 5.06. The minimum atomic E-state index is 0.139. The molecule has 7 heavy (non-hydrogen) atoms. The van der Waals surface area contributed by atoms with Crippen molar-refractivity contribution in [3.05, 3.63) is 0 Å². The molecule has 0 spiro atoms. The van der Waals surface area contributed by atoms with E-state index >= 15 is 0 Å². The number of ether oxygens (including phenoxy) is 1. The second-order valence-electron chi connectivity index (χ2n) is 2.03. The second-order valence-corrected chi connectivity index (χ2v) is 2.03. The van der Waals surface area contributed by atoms with Gasteiger partial charge in [-0.1, -0.05) is 6.92 Å². The molecule has 2 heteroatoms. The summed E-state index contributed by atoms with van der Waals surface area (Å²) in [5.74, 6) is 0.574. The van der Waals surface area contributed by atoms with Gasteiger partial charge in [0, 0.05) is 5.92 Å². The highest BCUT2D eigenvalue weighted by atomic mass is 16.5. The lowest BCUT2D eigenvalue weighted by Crippen LogP contribution is -2.40. The number of hydrogen-bond donors (Lipinski definition) is 1. The van der Waals surface area contributed by atoms with E-state index in [-0.39, 0.29) is 12.7 Å². The van der Waals surface area contributed by atoms with E-state index in [1.165, 1.54) is 0 Å². The Morgan fingerprint density at radius 2 is 2.57 bits per heavy atom. The lowest BCUT2D eigenvalue weighted by molar-refractivity contribution is -0.127. The zero-order valence-corrected chi connectivity index (χ0v) is 4.42. The fourth-order valence-electron chi connectivity index (χ4n) is 0.657. The lowest BCUT2D eigenvalue weighted by Gasteiger charge is -2.32. The van der Waals surface area contributed by atoms with Gasteiger partial charge in [-0.05, 0) is 0 Å². The highest BCUT2D eigenvalue weighted by Gasteiger charge is 2.26. The zero-order valence-electron chi connectivity index (χ0n) is 4.42. The van der Waals surface area contributed by atoms with Crippen LogP contribution in [-0.2, 0) is 4.74 Å². The summed E-state index contributed by atoms with van der Waals surface area (Å²) in [5.41, 5.74) is 0. The number of rotatable bonds is 1. The van der Waals surface area contributed by atoms with Crippen LogP contribution in [0.1, 0.15) is 6.92 Å². The average Bonchev–Trinajstić information content (AvgIpc) is 1.65. The average molecular weight is 102 g/mol. The van der Waals surface area contributed by atoms with Crippen LogP contribution in [0.4, 0.5) is 0 Å². The van der Waals surface area contributed by atoms with Gasteiger partial charge in [-0.3, -0.25) is 0 Å². The van der Waals surface area contributed by atoms with Crippen molar-refractivity contribution in [3.63, 3.8) is 0 Å². The van der Waals surface area contributed by atoms with Crippen LogP contribution in [0.15, 0.2) is 0 Å². The molecule has 0 aliphatic carbocycles. The molecule has 0 aromatic heterocycles.